The van der Waals surface area contributed by atoms with Crippen molar-refractivity contribution in [2.75, 3.05) is 5.32 Å². The molecule has 6 nitrogen and oxygen atoms in total. The van der Waals surface area contributed by atoms with Gasteiger partial charge in [0.25, 0.3) is 0 Å². The van der Waals surface area contributed by atoms with E-state index >= 15 is 0 Å². The van der Waals surface area contributed by atoms with E-state index in [0.717, 1.165) is 27.6 Å². The Hall–Kier alpha value is -2.29. The van der Waals surface area contributed by atoms with E-state index in [-0.39, 0.29) is 6.61 Å². The van der Waals surface area contributed by atoms with E-state index in [0.29, 0.717) is 11.5 Å². The minimum atomic E-state index is -0.0689. The van der Waals surface area contributed by atoms with Crippen LogP contribution in [0.4, 0.5) is 10.8 Å². The zero-order valence-electron chi connectivity index (χ0n) is 12.2. The lowest BCUT2D eigenvalue weighted by Gasteiger charge is -2.07. The largest absolute Gasteiger partial charge is 0.390 e. The first-order valence-corrected chi connectivity index (χ1v) is 8.67. The second-order valence-corrected chi connectivity index (χ2v) is 6.63. The average molecular weight is 343 g/mol. The lowest BCUT2D eigenvalue weighted by atomic mass is 10.2. The highest BCUT2D eigenvalue weighted by Gasteiger charge is 2.13. The van der Waals surface area contributed by atoms with Crippen LogP contribution in [0.5, 0.6) is 0 Å². The van der Waals surface area contributed by atoms with Crippen LogP contribution in [0.25, 0.3) is 16.9 Å². The maximum atomic E-state index is 9.13. The Labute approximate surface area is 140 Å². The van der Waals surface area contributed by atoms with Crippen molar-refractivity contribution in [1.29, 1.82) is 0 Å². The summed E-state index contributed by atoms with van der Waals surface area (Å²) in [5.74, 6) is 0.680. The van der Waals surface area contributed by atoms with Gasteiger partial charge in [-0.2, -0.15) is 15.7 Å². The topological polar surface area (TPSA) is 75.3 Å². The molecule has 8 heteroatoms. The third-order valence-electron chi connectivity index (χ3n) is 3.39. The molecule has 0 fully saturated rings. The summed E-state index contributed by atoms with van der Waals surface area (Å²) < 4.78 is 6.20. The highest BCUT2D eigenvalue weighted by molar-refractivity contribution is 7.10. The number of nitrogens with zero attached hydrogens (tertiary/aromatic N) is 4. The number of imidazole rings is 1. The molecule has 0 amide bonds. The third kappa shape index (κ3) is 2.61. The van der Waals surface area contributed by atoms with Crippen molar-refractivity contribution < 1.29 is 5.11 Å². The van der Waals surface area contributed by atoms with Crippen LogP contribution in [0.1, 0.15) is 11.4 Å². The minimum absolute atomic E-state index is 0.0689. The second kappa shape index (κ2) is 5.73. The molecule has 0 aliphatic rings. The van der Waals surface area contributed by atoms with Gasteiger partial charge >= 0.3 is 0 Å². The standard InChI is InChI=1S/C15H13N5OS2/c1-9-6-20-12(10-2-3-22-8-10)5-16-15(20)14(17-9)18-13-4-11(7-21)19-23-13/h2-6,8,21H,7H2,1H3,(H,17,18). The summed E-state index contributed by atoms with van der Waals surface area (Å²) in [6, 6.07) is 3.89. The van der Waals surface area contributed by atoms with Gasteiger partial charge in [0.05, 0.1) is 29.9 Å². The lowest BCUT2D eigenvalue weighted by Crippen LogP contribution is -2.00. The number of hydrogen-bond donors (Lipinski definition) is 2. The summed E-state index contributed by atoms with van der Waals surface area (Å²) in [5.41, 5.74) is 4.47. The molecule has 4 heterocycles. The van der Waals surface area contributed by atoms with Gasteiger partial charge < -0.3 is 10.4 Å². The van der Waals surface area contributed by atoms with Gasteiger partial charge in [-0.05, 0) is 36.0 Å². The number of nitrogens with one attached hydrogen (secondary N) is 1. The van der Waals surface area contributed by atoms with Crippen LogP contribution in [-0.2, 0) is 6.61 Å². The van der Waals surface area contributed by atoms with Crippen molar-refractivity contribution in [3.8, 4) is 11.3 Å². The predicted molar refractivity (Wildman–Crippen MR) is 92.4 cm³/mol. The number of aryl methyl sites for hydroxylation is 1. The number of anilines is 2. The van der Waals surface area contributed by atoms with Gasteiger partial charge in [-0.3, -0.25) is 4.40 Å². The molecule has 0 aliphatic heterocycles. The molecule has 116 valence electrons. The number of aliphatic hydroxyl groups excluding tert-OH is 1. The number of thiophene rings is 1. The van der Waals surface area contributed by atoms with Gasteiger partial charge in [-0.1, -0.05) is 0 Å². The Kier molecular flexibility index (Phi) is 3.56. The van der Waals surface area contributed by atoms with Gasteiger partial charge in [-0.25, -0.2) is 9.97 Å². The number of aliphatic hydroxyl groups is 1. The van der Waals surface area contributed by atoms with E-state index in [1.54, 1.807) is 11.3 Å². The maximum absolute atomic E-state index is 9.13. The second-order valence-electron chi connectivity index (χ2n) is 5.05. The molecule has 0 aromatic carbocycles. The Balaban J connectivity index is 1.80. The molecule has 0 bridgehead atoms. The Morgan fingerprint density at radius 1 is 1.39 bits per heavy atom. The molecular weight excluding hydrogens is 330 g/mol. The molecule has 4 aromatic heterocycles. The van der Waals surface area contributed by atoms with Gasteiger partial charge in [0.2, 0.25) is 0 Å². The van der Waals surface area contributed by atoms with Gasteiger partial charge in [-0.15, -0.1) is 0 Å². The maximum Gasteiger partial charge on any atom is 0.180 e. The highest BCUT2D eigenvalue weighted by atomic mass is 32.1. The van der Waals surface area contributed by atoms with Crippen LogP contribution in [0.2, 0.25) is 0 Å². The number of aromatic nitrogens is 4. The molecule has 0 spiro atoms. The van der Waals surface area contributed by atoms with Crippen LogP contribution in [0, 0.1) is 6.92 Å². The molecule has 0 saturated heterocycles. The van der Waals surface area contributed by atoms with Gasteiger partial charge in [0, 0.05) is 17.1 Å². The van der Waals surface area contributed by atoms with E-state index < -0.39 is 0 Å². The Bertz CT molecular complexity index is 958. The van der Waals surface area contributed by atoms with Crippen LogP contribution in [-0.4, -0.2) is 23.8 Å². The fourth-order valence-electron chi connectivity index (χ4n) is 2.38. The lowest BCUT2D eigenvalue weighted by molar-refractivity contribution is 0.278. The molecule has 0 atom stereocenters. The normalized spacial score (nSPS) is 11.2. The van der Waals surface area contributed by atoms with E-state index in [4.69, 9.17) is 5.11 Å². The van der Waals surface area contributed by atoms with Crippen molar-refractivity contribution in [2.24, 2.45) is 0 Å². The summed E-state index contributed by atoms with van der Waals surface area (Å²) in [7, 11) is 0. The fraction of sp³-hybridized carbons (Fsp3) is 0.133. The first-order valence-electron chi connectivity index (χ1n) is 6.95. The molecule has 4 aromatic rings. The monoisotopic (exact) mass is 343 g/mol. The van der Waals surface area contributed by atoms with Crippen LogP contribution in [0.15, 0.2) is 35.3 Å². The van der Waals surface area contributed by atoms with Crippen LogP contribution < -0.4 is 5.32 Å². The number of fused-ring (bicyclic) bond motifs is 1. The van der Waals surface area contributed by atoms with E-state index in [9.17, 15) is 0 Å². The third-order valence-corrected chi connectivity index (χ3v) is 4.82. The molecule has 0 saturated carbocycles. The first kappa shape index (κ1) is 14.3. The fourth-order valence-corrected chi connectivity index (χ4v) is 3.69. The molecular formula is C15H13N5OS2. The average Bonchev–Trinajstić information content (AvgIpc) is 3.26. The van der Waals surface area contributed by atoms with E-state index in [1.165, 1.54) is 11.5 Å². The highest BCUT2D eigenvalue weighted by Crippen LogP contribution is 2.28. The smallest absolute Gasteiger partial charge is 0.180 e. The van der Waals surface area contributed by atoms with Crippen molar-refractivity contribution in [1.82, 2.24) is 18.7 Å². The molecule has 0 radical (unpaired) electrons. The summed E-state index contributed by atoms with van der Waals surface area (Å²) in [6.45, 7) is 1.88. The SMILES string of the molecule is Cc1cn2c(-c3ccsc3)cnc2c(Nc2cc(CO)ns2)n1. The van der Waals surface area contributed by atoms with Crippen molar-refractivity contribution in [2.45, 2.75) is 13.5 Å². The molecule has 0 aliphatic carbocycles. The summed E-state index contributed by atoms with van der Waals surface area (Å²) in [6.07, 6.45) is 3.84. The van der Waals surface area contributed by atoms with Gasteiger partial charge in [0.15, 0.2) is 11.5 Å². The van der Waals surface area contributed by atoms with Crippen molar-refractivity contribution in [3.63, 3.8) is 0 Å². The predicted octanol–water partition coefficient (Wildman–Crippen LogP) is 3.46. The van der Waals surface area contributed by atoms with E-state index in [2.05, 4.69) is 36.5 Å². The first-order chi connectivity index (χ1) is 11.2. The molecule has 23 heavy (non-hydrogen) atoms. The Morgan fingerprint density at radius 3 is 3.04 bits per heavy atom. The van der Waals surface area contributed by atoms with Crippen molar-refractivity contribution in [3.05, 3.63) is 46.7 Å². The zero-order valence-corrected chi connectivity index (χ0v) is 13.9. The van der Waals surface area contributed by atoms with Gasteiger partial charge in [0.1, 0.15) is 5.00 Å². The minimum Gasteiger partial charge on any atom is -0.390 e. The number of hydrogen-bond acceptors (Lipinski definition) is 7. The summed E-state index contributed by atoms with van der Waals surface area (Å²) in [5, 5.41) is 17.4. The quantitative estimate of drug-likeness (QED) is 0.593. The molecule has 2 N–H and O–H groups in total. The summed E-state index contributed by atoms with van der Waals surface area (Å²) >= 11 is 2.95. The van der Waals surface area contributed by atoms with Crippen LogP contribution >= 0.6 is 22.9 Å². The summed E-state index contributed by atoms with van der Waals surface area (Å²) in [4.78, 5) is 9.07. The zero-order chi connectivity index (χ0) is 15.8. The van der Waals surface area contributed by atoms with E-state index in [1.807, 2.05) is 29.8 Å². The number of rotatable bonds is 4. The van der Waals surface area contributed by atoms with Crippen molar-refractivity contribution >= 4 is 39.3 Å². The van der Waals surface area contributed by atoms with Crippen LogP contribution in [0.3, 0.4) is 0 Å². The Morgan fingerprint density at radius 2 is 2.30 bits per heavy atom. The molecule has 4 rings (SSSR count). The molecule has 0 unspecified atom stereocenters.